The number of likely N-dealkylation sites (tertiary alicyclic amines) is 1. The first kappa shape index (κ1) is 13.9. The van der Waals surface area contributed by atoms with Crippen LogP contribution in [0.3, 0.4) is 0 Å². The Morgan fingerprint density at radius 2 is 2.11 bits per heavy atom. The summed E-state index contributed by atoms with van der Waals surface area (Å²) in [5.74, 6) is 0.777. The fraction of sp³-hybridized carbons (Fsp3) is 0.533. The van der Waals surface area contributed by atoms with Gasteiger partial charge < -0.3 is 15.4 Å². The number of benzene rings is 1. The lowest BCUT2D eigenvalue weighted by atomic mass is 9.85. The zero-order chi connectivity index (χ0) is 13.8. The highest BCUT2D eigenvalue weighted by molar-refractivity contribution is 5.95. The second-order valence-corrected chi connectivity index (χ2v) is 4.99. The Kier molecular flexibility index (Phi) is 4.43. The number of nitrogens with two attached hydrogens (primary N) is 1. The van der Waals surface area contributed by atoms with Crippen LogP contribution in [-0.4, -0.2) is 37.6 Å². The minimum absolute atomic E-state index is 0.362. The fourth-order valence-electron chi connectivity index (χ4n) is 2.90. The minimum Gasteiger partial charge on any atom is -0.496 e. The first-order valence-electron chi connectivity index (χ1n) is 6.86. The third-order valence-corrected chi connectivity index (χ3v) is 3.99. The minimum atomic E-state index is -0.369. The number of amides is 1. The van der Waals surface area contributed by atoms with Crippen LogP contribution in [0.25, 0.3) is 0 Å². The Morgan fingerprint density at radius 3 is 2.63 bits per heavy atom. The number of methoxy groups -OCH3 is 1. The number of ether oxygens (including phenoxy) is 1. The van der Waals surface area contributed by atoms with Crippen molar-refractivity contribution in [3.63, 3.8) is 0 Å². The van der Waals surface area contributed by atoms with Gasteiger partial charge in [0.2, 0.25) is 5.91 Å². The van der Waals surface area contributed by atoms with Gasteiger partial charge in [-0.15, -0.1) is 0 Å². The van der Waals surface area contributed by atoms with Crippen molar-refractivity contribution in [1.82, 2.24) is 4.90 Å². The summed E-state index contributed by atoms with van der Waals surface area (Å²) < 4.78 is 5.42. The molecule has 0 aromatic heterocycles. The van der Waals surface area contributed by atoms with Gasteiger partial charge in [0.25, 0.3) is 0 Å². The van der Waals surface area contributed by atoms with Crippen LogP contribution in [0.2, 0.25) is 0 Å². The molecule has 1 aromatic carbocycles. The van der Waals surface area contributed by atoms with Gasteiger partial charge in [0.15, 0.2) is 0 Å². The molecule has 0 saturated carbocycles. The highest BCUT2D eigenvalue weighted by Crippen LogP contribution is 2.36. The van der Waals surface area contributed by atoms with Gasteiger partial charge in [0, 0.05) is 11.1 Å². The first-order valence-corrected chi connectivity index (χ1v) is 6.86. The predicted molar refractivity (Wildman–Crippen MR) is 75.6 cm³/mol. The zero-order valence-electron chi connectivity index (χ0n) is 11.7. The van der Waals surface area contributed by atoms with Crippen LogP contribution in [0.1, 0.15) is 41.6 Å². The second kappa shape index (κ2) is 6.06. The van der Waals surface area contributed by atoms with Crippen LogP contribution in [-0.2, 0) is 0 Å². The van der Waals surface area contributed by atoms with Crippen molar-refractivity contribution in [1.29, 1.82) is 0 Å². The molecule has 1 amide bonds. The normalized spacial score (nSPS) is 17.4. The molecule has 2 N–H and O–H groups in total. The molecule has 0 atom stereocenters. The summed E-state index contributed by atoms with van der Waals surface area (Å²) in [5, 5.41) is 0. The van der Waals surface area contributed by atoms with E-state index in [1.807, 2.05) is 12.1 Å². The SMILES string of the molecule is CCN1CCC(c2c(OC)cccc2C(N)=O)CC1. The van der Waals surface area contributed by atoms with E-state index in [0.29, 0.717) is 11.5 Å². The van der Waals surface area contributed by atoms with Crippen molar-refractivity contribution in [2.75, 3.05) is 26.7 Å². The van der Waals surface area contributed by atoms with Crippen molar-refractivity contribution in [2.24, 2.45) is 5.73 Å². The van der Waals surface area contributed by atoms with E-state index in [0.717, 1.165) is 43.8 Å². The van der Waals surface area contributed by atoms with Crippen LogP contribution < -0.4 is 10.5 Å². The van der Waals surface area contributed by atoms with E-state index in [9.17, 15) is 4.79 Å². The van der Waals surface area contributed by atoms with E-state index in [-0.39, 0.29) is 5.91 Å². The molecule has 1 heterocycles. The molecular weight excluding hydrogens is 240 g/mol. The van der Waals surface area contributed by atoms with E-state index < -0.39 is 0 Å². The average molecular weight is 262 g/mol. The number of rotatable bonds is 4. The lowest BCUT2D eigenvalue weighted by Gasteiger charge is -2.32. The standard InChI is InChI=1S/C15H22N2O2/c1-3-17-9-7-11(8-10-17)14-12(15(16)18)5-4-6-13(14)19-2/h4-6,11H,3,7-10H2,1-2H3,(H2,16,18). The van der Waals surface area contributed by atoms with E-state index in [4.69, 9.17) is 10.5 Å². The maximum atomic E-state index is 11.6. The smallest absolute Gasteiger partial charge is 0.249 e. The van der Waals surface area contributed by atoms with Crippen LogP contribution in [0.15, 0.2) is 18.2 Å². The topological polar surface area (TPSA) is 55.6 Å². The third kappa shape index (κ3) is 2.89. The molecule has 0 unspecified atom stereocenters. The maximum Gasteiger partial charge on any atom is 0.249 e. The Hall–Kier alpha value is -1.55. The molecule has 1 fully saturated rings. The van der Waals surface area contributed by atoms with E-state index in [1.165, 1.54) is 0 Å². The van der Waals surface area contributed by atoms with Gasteiger partial charge >= 0.3 is 0 Å². The largest absolute Gasteiger partial charge is 0.496 e. The maximum absolute atomic E-state index is 11.6. The van der Waals surface area contributed by atoms with Crippen molar-refractivity contribution < 1.29 is 9.53 Å². The lowest BCUT2D eigenvalue weighted by Crippen LogP contribution is -2.33. The molecule has 1 aromatic rings. The zero-order valence-corrected chi connectivity index (χ0v) is 11.7. The molecule has 2 rings (SSSR count). The molecule has 104 valence electrons. The van der Waals surface area contributed by atoms with E-state index >= 15 is 0 Å². The molecule has 0 bridgehead atoms. The Morgan fingerprint density at radius 1 is 1.42 bits per heavy atom. The first-order chi connectivity index (χ1) is 9.17. The molecule has 4 heteroatoms. The molecule has 0 spiro atoms. The highest BCUT2D eigenvalue weighted by Gasteiger charge is 2.26. The van der Waals surface area contributed by atoms with Crippen molar-refractivity contribution >= 4 is 5.91 Å². The van der Waals surface area contributed by atoms with Crippen LogP contribution in [0.5, 0.6) is 5.75 Å². The summed E-state index contributed by atoms with van der Waals surface area (Å²) in [6.07, 6.45) is 2.10. The summed E-state index contributed by atoms with van der Waals surface area (Å²) in [7, 11) is 1.64. The molecule has 0 radical (unpaired) electrons. The van der Waals surface area contributed by atoms with Gasteiger partial charge in [-0.05, 0) is 50.5 Å². The number of primary amides is 1. The number of piperidine rings is 1. The third-order valence-electron chi connectivity index (χ3n) is 3.99. The van der Waals surface area contributed by atoms with Gasteiger partial charge in [-0.2, -0.15) is 0 Å². The molecule has 0 aliphatic carbocycles. The van der Waals surface area contributed by atoms with Crippen molar-refractivity contribution in [3.8, 4) is 5.75 Å². The van der Waals surface area contributed by atoms with E-state index in [1.54, 1.807) is 13.2 Å². The molecular formula is C15H22N2O2. The van der Waals surface area contributed by atoms with Crippen molar-refractivity contribution in [3.05, 3.63) is 29.3 Å². The predicted octanol–water partition coefficient (Wildman–Crippen LogP) is 1.99. The number of carbonyl (C=O) groups is 1. The number of nitrogens with zero attached hydrogens (tertiary/aromatic N) is 1. The summed E-state index contributed by atoms with van der Waals surface area (Å²) in [5.41, 5.74) is 7.09. The lowest BCUT2D eigenvalue weighted by molar-refractivity contribution is 0.0997. The number of hydrogen-bond acceptors (Lipinski definition) is 3. The van der Waals surface area contributed by atoms with E-state index in [2.05, 4.69) is 11.8 Å². The Bertz CT molecular complexity index is 451. The fourth-order valence-corrected chi connectivity index (χ4v) is 2.90. The van der Waals surface area contributed by atoms with Gasteiger partial charge in [0.05, 0.1) is 7.11 Å². The molecule has 1 aliphatic rings. The van der Waals surface area contributed by atoms with Crippen molar-refractivity contribution in [2.45, 2.75) is 25.7 Å². The van der Waals surface area contributed by atoms with Gasteiger partial charge in [-0.1, -0.05) is 13.0 Å². The van der Waals surface area contributed by atoms with Crippen LogP contribution in [0, 0.1) is 0 Å². The second-order valence-electron chi connectivity index (χ2n) is 4.99. The Labute approximate surface area is 114 Å². The quantitative estimate of drug-likeness (QED) is 0.903. The number of carbonyl (C=O) groups excluding carboxylic acids is 1. The van der Waals surface area contributed by atoms with Crippen LogP contribution in [0.4, 0.5) is 0 Å². The summed E-state index contributed by atoms with van der Waals surface area (Å²) in [6, 6.07) is 5.53. The van der Waals surface area contributed by atoms with Gasteiger partial charge in [-0.25, -0.2) is 0 Å². The summed E-state index contributed by atoms with van der Waals surface area (Å²) in [6.45, 7) is 5.40. The summed E-state index contributed by atoms with van der Waals surface area (Å²) in [4.78, 5) is 14.0. The number of hydrogen-bond donors (Lipinski definition) is 1. The Balaban J connectivity index is 2.30. The summed E-state index contributed by atoms with van der Waals surface area (Å²) >= 11 is 0. The van der Waals surface area contributed by atoms with Gasteiger partial charge in [0.1, 0.15) is 5.75 Å². The monoisotopic (exact) mass is 262 g/mol. The molecule has 1 aliphatic heterocycles. The average Bonchev–Trinajstić information content (AvgIpc) is 2.46. The molecule has 19 heavy (non-hydrogen) atoms. The van der Waals surface area contributed by atoms with Gasteiger partial charge in [-0.3, -0.25) is 4.79 Å². The highest BCUT2D eigenvalue weighted by atomic mass is 16.5. The molecule has 1 saturated heterocycles. The molecule has 4 nitrogen and oxygen atoms in total. The van der Waals surface area contributed by atoms with Crippen LogP contribution >= 0.6 is 0 Å².